The number of carbonyl (C=O) groups excluding carboxylic acids is 1. The molecule has 1 saturated heterocycles. The minimum absolute atomic E-state index is 0.0170. The van der Waals surface area contributed by atoms with Gasteiger partial charge in [0, 0.05) is 19.5 Å². The van der Waals surface area contributed by atoms with Gasteiger partial charge in [0.2, 0.25) is 21.8 Å². The van der Waals surface area contributed by atoms with Gasteiger partial charge in [-0.2, -0.15) is 9.71 Å². The van der Waals surface area contributed by atoms with E-state index in [2.05, 4.69) is 14.9 Å². The van der Waals surface area contributed by atoms with Gasteiger partial charge in [-0.25, -0.2) is 21.6 Å². The fourth-order valence-corrected chi connectivity index (χ4v) is 5.97. The van der Waals surface area contributed by atoms with E-state index in [9.17, 15) is 22.0 Å². The van der Waals surface area contributed by atoms with Crippen LogP contribution in [0.2, 0.25) is 0 Å². The maximum atomic E-state index is 16.2. The Balaban J connectivity index is 1.43. The molecule has 0 spiro atoms. The number of amides is 1. The average molecular weight is 521 g/mol. The molecule has 2 heterocycles. The number of rotatable bonds is 6. The monoisotopic (exact) mass is 520 g/mol. The molecule has 2 fully saturated rings. The van der Waals surface area contributed by atoms with Crippen molar-refractivity contribution in [1.29, 1.82) is 0 Å². The SMILES string of the molecule is Cc1noc([C@]2(NS(C)(=O)=O)CCN(C(=O)[C@@H]3C[C@@]3(F)c3ccccc3-c3c(F)cccc3F)C2)n1. The van der Waals surface area contributed by atoms with Crippen molar-refractivity contribution in [2.45, 2.75) is 31.0 Å². The third kappa shape index (κ3) is 4.17. The lowest BCUT2D eigenvalue weighted by Gasteiger charge is -2.26. The number of alkyl halides is 1. The van der Waals surface area contributed by atoms with E-state index in [4.69, 9.17) is 4.52 Å². The Kier molecular flexibility index (Phi) is 5.71. The summed E-state index contributed by atoms with van der Waals surface area (Å²) in [7, 11) is -3.73. The van der Waals surface area contributed by atoms with Gasteiger partial charge in [0.25, 0.3) is 0 Å². The Labute approximate surface area is 205 Å². The van der Waals surface area contributed by atoms with Gasteiger partial charge in [0.15, 0.2) is 5.82 Å². The fourth-order valence-electron chi connectivity index (χ4n) is 5.00. The summed E-state index contributed by atoms with van der Waals surface area (Å²) < 4.78 is 77.1. The Morgan fingerprint density at radius 1 is 1.17 bits per heavy atom. The summed E-state index contributed by atoms with van der Waals surface area (Å²) in [6.45, 7) is 1.58. The highest BCUT2D eigenvalue weighted by atomic mass is 32.2. The van der Waals surface area contributed by atoms with E-state index in [-0.39, 0.29) is 48.5 Å². The van der Waals surface area contributed by atoms with Crippen molar-refractivity contribution >= 4 is 15.9 Å². The number of likely N-dealkylation sites (tertiary alicyclic amines) is 1. The zero-order valence-corrected chi connectivity index (χ0v) is 20.3. The predicted octanol–water partition coefficient (Wildman–Crippen LogP) is 3.18. The lowest BCUT2D eigenvalue weighted by molar-refractivity contribution is -0.132. The molecule has 36 heavy (non-hydrogen) atoms. The summed E-state index contributed by atoms with van der Waals surface area (Å²) >= 11 is 0. The van der Waals surface area contributed by atoms with Crippen LogP contribution in [-0.2, 0) is 26.0 Å². The minimum atomic E-state index is -3.73. The molecule has 3 aromatic rings. The first-order valence-electron chi connectivity index (χ1n) is 11.2. The van der Waals surface area contributed by atoms with E-state index >= 15 is 4.39 Å². The second kappa shape index (κ2) is 8.41. The molecule has 1 aliphatic carbocycles. The van der Waals surface area contributed by atoms with E-state index < -0.39 is 44.7 Å². The number of aromatic nitrogens is 2. The van der Waals surface area contributed by atoms with Gasteiger partial charge >= 0.3 is 0 Å². The molecule has 5 rings (SSSR count). The van der Waals surface area contributed by atoms with Gasteiger partial charge < -0.3 is 9.42 Å². The van der Waals surface area contributed by atoms with Gasteiger partial charge in [0.05, 0.1) is 17.7 Å². The molecule has 1 aromatic heterocycles. The molecule has 3 atom stereocenters. The van der Waals surface area contributed by atoms with Crippen molar-refractivity contribution in [3.63, 3.8) is 0 Å². The van der Waals surface area contributed by atoms with Gasteiger partial charge in [-0.05, 0) is 36.6 Å². The van der Waals surface area contributed by atoms with Crippen LogP contribution in [0.3, 0.4) is 0 Å². The van der Waals surface area contributed by atoms with E-state index in [1.807, 2.05) is 0 Å². The van der Waals surface area contributed by atoms with Crippen LogP contribution in [0, 0.1) is 24.5 Å². The summed E-state index contributed by atoms with van der Waals surface area (Å²) in [5, 5.41) is 3.72. The lowest BCUT2D eigenvalue weighted by atomic mass is 9.93. The van der Waals surface area contributed by atoms with E-state index in [1.54, 1.807) is 19.1 Å². The Bertz CT molecular complexity index is 1440. The maximum absolute atomic E-state index is 16.2. The second-order valence-corrected chi connectivity index (χ2v) is 11.1. The summed E-state index contributed by atoms with van der Waals surface area (Å²) in [5.41, 5.74) is -3.75. The molecular weight excluding hydrogens is 497 g/mol. The number of hydrogen-bond donors (Lipinski definition) is 1. The largest absolute Gasteiger partial charge is 0.340 e. The van der Waals surface area contributed by atoms with Crippen LogP contribution in [0.25, 0.3) is 11.1 Å². The highest BCUT2D eigenvalue weighted by molar-refractivity contribution is 7.88. The van der Waals surface area contributed by atoms with Crippen LogP contribution in [0.5, 0.6) is 0 Å². The first-order valence-corrected chi connectivity index (χ1v) is 13.1. The third-order valence-corrected chi connectivity index (χ3v) is 7.46. The van der Waals surface area contributed by atoms with Crippen molar-refractivity contribution in [3.05, 3.63) is 71.4 Å². The molecule has 190 valence electrons. The van der Waals surface area contributed by atoms with Crippen molar-refractivity contribution in [2.75, 3.05) is 19.3 Å². The van der Waals surface area contributed by atoms with Gasteiger partial charge in [-0.3, -0.25) is 4.79 Å². The van der Waals surface area contributed by atoms with Crippen molar-refractivity contribution < 1.29 is 30.9 Å². The van der Waals surface area contributed by atoms with Crippen LogP contribution >= 0.6 is 0 Å². The number of benzene rings is 2. The third-order valence-electron chi connectivity index (χ3n) is 6.70. The van der Waals surface area contributed by atoms with Crippen LogP contribution in [0.15, 0.2) is 47.0 Å². The number of aryl methyl sites for hydroxylation is 1. The molecule has 1 N–H and O–H groups in total. The fraction of sp³-hybridized carbons (Fsp3) is 0.375. The van der Waals surface area contributed by atoms with Crippen LogP contribution < -0.4 is 4.72 Å². The van der Waals surface area contributed by atoms with E-state index in [0.717, 1.165) is 18.4 Å². The summed E-state index contributed by atoms with van der Waals surface area (Å²) in [6, 6.07) is 9.35. The number of carbonyl (C=O) groups is 1. The van der Waals surface area contributed by atoms with Crippen LogP contribution in [-0.4, -0.2) is 48.7 Å². The molecule has 1 aliphatic heterocycles. The molecule has 0 bridgehead atoms. The number of nitrogens with zero attached hydrogens (tertiary/aromatic N) is 3. The van der Waals surface area contributed by atoms with Gasteiger partial charge in [-0.15, -0.1) is 0 Å². The highest BCUT2D eigenvalue weighted by Crippen LogP contribution is 2.59. The Morgan fingerprint density at radius 3 is 2.50 bits per heavy atom. The number of hydrogen-bond acceptors (Lipinski definition) is 6. The summed E-state index contributed by atoms with van der Waals surface area (Å²) in [4.78, 5) is 18.9. The zero-order chi connectivity index (χ0) is 25.9. The van der Waals surface area contributed by atoms with Crippen molar-refractivity contribution in [1.82, 2.24) is 19.8 Å². The Hall–Kier alpha value is -3.25. The quantitative estimate of drug-likeness (QED) is 0.535. The zero-order valence-electron chi connectivity index (χ0n) is 19.5. The lowest BCUT2D eigenvalue weighted by Crippen LogP contribution is -2.48. The number of nitrogens with one attached hydrogen (secondary N) is 1. The molecule has 12 heteroatoms. The average Bonchev–Trinajstić information content (AvgIpc) is 3.10. The smallest absolute Gasteiger partial charge is 0.249 e. The molecule has 1 amide bonds. The first-order chi connectivity index (χ1) is 16.9. The van der Waals surface area contributed by atoms with Gasteiger partial charge in [-0.1, -0.05) is 35.5 Å². The molecule has 0 radical (unpaired) electrons. The predicted molar refractivity (Wildman–Crippen MR) is 123 cm³/mol. The standard InChI is InChI=1S/C24H23F3N4O4S/c1-14-28-22(35-29-14)23(30-36(2,33)34)10-11-31(13-23)21(32)17-12-24(17,27)16-7-4-3-6-15(16)20-18(25)8-5-9-19(20)26/h3-9,17,30H,10-13H2,1-2H3/t17-,23-,24+/m0/s1. The Morgan fingerprint density at radius 2 is 1.86 bits per heavy atom. The second-order valence-electron chi connectivity index (χ2n) is 9.37. The van der Waals surface area contributed by atoms with Crippen molar-refractivity contribution in [3.8, 4) is 11.1 Å². The normalized spacial score (nSPS) is 25.8. The molecule has 1 saturated carbocycles. The van der Waals surface area contributed by atoms with Crippen molar-refractivity contribution in [2.24, 2.45) is 5.92 Å². The molecular formula is C24H23F3N4O4S. The molecule has 0 unspecified atom stereocenters. The molecule has 8 nitrogen and oxygen atoms in total. The van der Waals surface area contributed by atoms with Crippen LogP contribution in [0.4, 0.5) is 13.2 Å². The highest BCUT2D eigenvalue weighted by Gasteiger charge is 2.63. The minimum Gasteiger partial charge on any atom is -0.340 e. The van der Waals surface area contributed by atoms with E-state index in [1.165, 1.54) is 23.1 Å². The maximum Gasteiger partial charge on any atom is 0.249 e. The topological polar surface area (TPSA) is 105 Å². The van der Waals surface area contributed by atoms with Crippen LogP contribution in [0.1, 0.15) is 30.1 Å². The summed E-state index contributed by atoms with van der Waals surface area (Å²) in [6.07, 6.45) is 0.965. The first kappa shape index (κ1) is 24.4. The van der Waals surface area contributed by atoms with E-state index in [0.29, 0.717) is 5.82 Å². The van der Waals surface area contributed by atoms with Gasteiger partial charge in [0.1, 0.15) is 22.8 Å². The molecule has 2 aliphatic rings. The number of halogens is 3. The molecule has 2 aromatic carbocycles. The summed E-state index contributed by atoms with van der Waals surface area (Å²) in [5.74, 6) is -2.97. The number of sulfonamides is 1.